The number of hydrogen-bond donors (Lipinski definition) is 0. The molecule has 0 aliphatic carbocycles. The Bertz CT molecular complexity index is 158. The van der Waals surface area contributed by atoms with Crippen molar-refractivity contribution in [1.82, 2.24) is 0 Å². The number of rotatable bonds is 14. The Hall–Kier alpha value is -0.0800. The molecular formula is C17H36O2. The van der Waals surface area contributed by atoms with Gasteiger partial charge >= 0.3 is 0 Å². The molecule has 0 atom stereocenters. The van der Waals surface area contributed by atoms with Gasteiger partial charge in [-0.1, -0.05) is 53.4 Å². The second-order valence-corrected chi connectivity index (χ2v) is 5.52. The summed E-state index contributed by atoms with van der Waals surface area (Å²) >= 11 is 0. The van der Waals surface area contributed by atoms with Gasteiger partial charge in [0.05, 0.1) is 0 Å². The Morgan fingerprint density at radius 1 is 0.579 bits per heavy atom. The largest absolute Gasteiger partial charge is 0.350 e. The minimum atomic E-state index is -0.296. The summed E-state index contributed by atoms with van der Waals surface area (Å²) in [6, 6.07) is 0. The Kier molecular flexibility index (Phi) is 12.9. The van der Waals surface area contributed by atoms with Gasteiger partial charge in [0.25, 0.3) is 0 Å². The fourth-order valence-electron chi connectivity index (χ4n) is 2.30. The molecule has 0 unspecified atom stereocenters. The molecule has 0 N–H and O–H groups in total. The summed E-state index contributed by atoms with van der Waals surface area (Å²) < 4.78 is 12.3. The molecule has 0 aliphatic rings. The Labute approximate surface area is 121 Å². The van der Waals surface area contributed by atoms with Crippen molar-refractivity contribution >= 4 is 0 Å². The third-order valence-corrected chi connectivity index (χ3v) is 3.46. The zero-order valence-electron chi connectivity index (χ0n) is 13.8. The third kappa shape index (κ3) is 9.45. The monoisotopic (exact) mass is 272 g/mol. The fraction of sp³-hybridized carbons (Fsp3) is 1.00. The summed E-state index contributed by atoms with van der Waals surface area (Å²) in [6.07, 6.45) is 11.8. The average molecular weight is 272 g/mol. The van der Waals surface area contributed by atoms with Gasteiger partial charge in [-0.15, -0.1) is 0 Å². The number of hydrogen-bond acceptors (Lipinski definition) is 2. The maximum absolute atomic E-state index is 6.14. The van der Waals surface area contributed by atoms with Gasteiger partial charge in [-0.05, 0) is 25.7 Å². The molecule has 0 amide bonds. The summed E-state index contributed by atoms with van der Waals surface area (Å²) in [5, 5.41) is 0. The molecule has 0 bridgehead atoms. The zero-order chi connectivity index (χ0) is 14.4. The van der Waals surface area contributed by atoms with Crippen LogP contribution < -0.4 is 0 Å². The smallest absolute Gasteiger partial charge is 0.168 e. The van der Waals surface area contributed by atoms with E-state index < -0.39 is 0 Å². The lowest BCUT2D eigenvalue weighted by Gasteiger charge is -2.34. The Morgan fingerprint density at radius 2 is 1.11 bits per heavy atom. The third-order valence-electron chi connectivity index (χ3n) is 3.46. The van der Waals surface area contributed by atoms with Crippen molar-refractivity contribution in [1.29, 1.82) is 0 Å². The van der Waals surface area contributed by atoms with Crippen LogP contribution in [0.25, 0.3) is 0 Å². The van der Waals surface area contributed by atoms with Crippen molar-refractivity contribution < 1.29 is 9.47 Å². The molecule has 0 spiro atoms. The quantitative estimate of drug-likeness (QED) is 0.298. The Balaban J connectivity index is 4.38. The molecule has 0 heterocycles. The summed E-state index contributed by atoms with van der Waals surface area (Å²) in [7, 11) is 0. The molecule has 0 fully saturated rings. The van der Waals surface area contributed by atoms with Crippen molar-refractivity contribution in [3.63, 3.8) is 0 Å². The molecule has 0 rings (SSSR count). The van der Waals surface area contributed by atoms with Gasteiger partial charge in [-0.2, -0.15) is 0 Å². The number of ether oxygens (including phenoxy) is 2. The van der Waals surface area contributed by atoms with Crippen molar-refractivity contribution in [2.24, 2.45) is 0 Å². The number of unbranched alkanes of at least 4 members (excludes halogenated alkanes) is 4. The van der Waals surface area contributed by atoms with Crippen LogP contribution in [0, 0.1) is 0 Å². The van der Waals surface area contributed by atoms with Crippen LogP contribution in [0.1, 0.15) is 91.9 Å². The minimum absolute atomic E-state index is 0.296. The van der Waals surface area contributed by atoms with E-state index in [0.29, 0.717) is 0 Å². The molecule has 19 heavy (non-hydrogen) atoms. The first-order valence-electron chi connectivity index (χ1n) is 8.52. The summed E-state index contributed by atoms with van der Waals surface area (Å²) in [5.74, 6) is -0.296. The van der Waals surface area contributed by atoms with Gasteiger partial charge < -0.3 is 9.47 Å². The highest BCUT2D eigenvalue weighted by Gasteiger charge is 2.30. The van der Waals surface area contributed by atoms with E-state index in [1.54, 1.807) is 0 Å². The van der Waals surface area contributed by atoms with Crippen LogP contribution in [-0.4, -0.2) is 19.0 Å². The van der Waals surface area contributed by atoms with Crippen molar-refractivity contribution in [2.75, 3.05) is 13.2 Å². The van der Waals surface area contributed by atoms with Crippen molar-refractivity contribution in [3.8, 4) is 0 Å². The molecule has 0 aliphatic heterocycles. The van der Waals surface area contributed by atoms with Gasteiger partial charge in [0.2, 0.25) is 0 Å². The second-order valence-electron chi connectivity index (χ2n) is 5.52. The van der Waals surface area contributed by atoms with E-state index in [1.165, 1.54) is 38.5 Å². The van der Waals surface area contributed by atoms with Crippen LogP contribution in [0.15, 0.2) is 0 Å². The van der Waals surface area contributed by atoms with Gasteiger partial charge in [-0.3, -0.25) is 0 Å². The predicted octanol–water partition coefficient (Wildman–Crippen LogP) is 5.70. The lowest BCUT2D eigenvalue weighted by atomic mass is 10.0. The average Bonchev–Trinajstić information content (AvgIpc) is 2.44. The van der Waals surface area contributed by atoms with Crippen LogP contribution in [0.2, 0.25) is 0 Å². The van der Waals surface area contributed by atoms with E-state index in [1.807, 2.05) is 0 Å². The summed E-state index contributed by atoms with van der Waals surface area (Å²) in [4.78, 5) is 0. The van der Waals surface area contributed by atoms with Gasteiger partial charge in [0.1, 0.15) is 0 Å². The standard InChI is InChI=1S/C17H36O2/c1-5-9-11-12-14-17(13-10-6-2,18-15-7-3)19-16-8-4/h5-16H2,1-4H3. The predicted molar refractivity (Wildman–Crippen MR) is 83.5 cm³/mol. The highest BCUT2D eigenvalue weighted by molar-refractivity contribution is 4.71. The highest BCUT2D eigenvalue weighted by Crippen LogP contribution is 2.28. The first kappa shape index (κ1) is 18.9. The fourth-order valence-corrected chi connectivity index (χ4v) is 2.30. The molecule has 0 saturated carbocycles. The SMILES string of the molecule is CCCCCCC(CCCC)(OCCC)OCCC. The lowest BCUT2D eigenvalue weighted by molar-refractivity contribution is -0.246. The molecule has 0 saturated heterocycles. The first-order valence-corrected chi connectivity index (χ1v) is 8.52. The van der Waals surface area contributed by atoms with Crippen LogP contribution in [0.5, 0.6) is 0 Å². The maximum Gasteiger partial charge on any atom is 0.168 e. The van der Waals surface area contributed by atoms with E-state index in [-0.39, 0.29) is 5.79 Å². The summed E-state index contributed by atoms with van der Waals surface area (Å²) in [5.41, 5.74) is 0. The van der Waals surface area contributed by atoms with Crippen LogP contribution in [0.4, 0.5) is 0 Å². The van der Waals surface area contributed by atoms with Crippen molar-refractivity contribution in [3.05, 3.63) is 0 Å². The second kappa shape index (κ2) is 12.9. The van der Waals surface area contributed by atoms with Gasteiger partial charge in [0.15, 0.2) is 5.79 Å². The normalized spacial score (nSPS) is 12.0. The lowest BCUT2D eigenvalue weighted by Crippen LogP contribution is -2.37. The van der Waals surface area contributed by atoms with E-state index in [2.05, 4.69) is 27.7 Å². The van der Waals surface area contributed by atoms with E-state index >= 15 is 0 Å². The van der Waals surface area contributed by atoms with E-state index in [4.69, 9.17) is 9.47 Å². The van der Waals surface area contributed by atoms with E-state index in [9.17, 15) is 0 Å². The van der Waals surface area contributed by atoms with Crippen LogP contribution >= 0.6 is 0 Å². The molecule has 0 aromatic carbocycles. The van der Waals surface area contributed by atoms with Gasteiger partial charge in [-0.25, -0.2) is 0 Å². The molecule has 0 aromatic heterocycles. The van der Waals surface area contributed by atoms with Crippen molar-refractivity contribution in [2.45, 2.75) is 97.7 Å². The molecule has 116 valence electrons. The molecule has 0 radical (unpaired) electrons. The minimum Gasteiger partial charge on any atom is -0.350 e. The van der Waals surface area contributed by atoms with Crippen LogP contribution in [0.3, 0.4) is 0 Å². The zero-order valence-corrected chi connectivity index (χ0v) is 13.8. The first-order chi connectivity index (χ1) is 9.24. The molecular weight excluding hydrogens is 236 g/mol. The maximum atomic E-state index is 6.14. The van der Waals surface area contributed by atoms with Crippen LogP contribution in [-0.2, 0) is 9.47 Å². The van der Waals surface area contributed by atoms with Gasteiger partial charge in [0, 0.05) is 26.1 Å². The molecule has 2 nitrogen and oxygen atoms in total. The Morgan fingerprint density at radius 3 is 1.58 bits per heavy atom. The van der Waals surface area contributed by atoms with E-state index in [0.717, 1.165) is 38.9 Å². The molecule has 0 aromatic rings. The molecule has 2 heteroatoms. The highest BCUT2D eigenvalue weighted by atomic mass is 16.7. The summed E-state index contributed by atoms with van der Waals surface area (Å²) in [6.45, 7) is 10.5. The topological polar surface area (TPSA) is 18.5 Å².